The summed E-state index contributed by atoms with van der Waals surface area (Å²) >= 11 is 0. The van der Waals surface area contributed by atoms with Gasteiger partial charge in [0, 0.05) is 0 Å². The van der Waals surface area contributed by atoms with Crippen molar-refractivity contribution in [2.24, 2.45) is 0 Å². The van der Waals surface area contributed by atoms with Crippen molar-refractivity contribution in [3.05, 3.63) is 82.5 Å². The molecule has 0 saturated heterocycles. The van der Waals surface area contributed by atoms with Crippen molar-refractivity contribution >= 4 is 5.78 Å². The molecule has 1 N–H and O–H groups in total. The van der Waals surface area contributed by atoms with Gasteiger partial charge in [0.25, 0.3) is 0 Å². The molecular formula is C25H28O3. The molecule has 0 amide bonds. The van der Waals surface area contributed by atoms with Gasteiger partial charge >= 0.3 is 0 Å². The van der Waals surface area contributed by atoms with E-state index in [1.807, 2.05) is 42.5 Å². The lowest BCUT2D eigenvalue weighted by Crippen LogP contribution is -2.20. The average Bonchev–Trinajstić information content (AvgIpc) is 2.67. The minimum atomic E-state index is -0.302. The predicted octanol–water partition coefficient (Wildman–Crippen LogP) is 6.33. The van der Waals surface area contributed by atoms with Crippen molar-refractivity contribution in [1.29, 1.82) is 0 Å². The molecule has 3 nitrogen and oxygen atoms in total. The molecule has 28 heavy (non-hydrogen) atoms. The van der Waals surface area contributed by atoms with E-state index in [0.29, 0.717) is 17.7 Å². The fraction of sp³-hybridized carbons (Fsp3) is 0.320. The van der Waals surface area contributed by atoms with Crippen LogP contribution in [0.15, 0.2) is 65.8 Å². The third-order valence-electron chi connectivity index (χ3n) is 5.08. The lowest BCUT2D eigenvalue weighted by Gasteiger charge is -2.26. The minimum absolute atomic E-state index is 0.0577. The van der Waals surface area contributed by atoms with Crippen LogP contribution in [-0.4, -0.2) is 10.9 Å². The summed E-state index contributed by atoms with van der Waals surface area (Å²) in [5.41, 5.74) is 4.66. The Morgan fingerprint density at radius 1 is 1.11 bits per heavy atom. The number of hydrogen-bond donors (Lipinski definition) is 1. The lowest BCUT2D eigenvalue weighted by atomic mass is 9.93. The molecule has 0 radical (unpaired) electrons. The van der Waals surface area contributed by atoms with Crippen LogP contribution in [0.5, 0.6) is 11.5 Å². The molecule has 1 heterocycles. The highest BCUT2D eigenvalue weighted by atomic mass is 16.5. The summed E-state index contributed by atoms with van der Waals surface area (Å²) < 4.78 is 6.02. The van der Waals surface area contributed by atoms with Crippen LogP contribution in [0.25, 0.3) is 0 Å². The number of fused-ring (bicyclic) bond motifs is 1. The number of aromatic hydroxyl groups is 1. The van der Waals surface area contributed by atoms with Crippen molar-refractivity contribution in [3.8, 4) is 11.5 Å². The van der Waals surface area contributed by atoms with E-state index in [4.69, 9.17) is 4.74 Å². The Kier molecular flexibility index (Phi) is 6.35. The van der Waals surface area contributed by atoms with E-state index in [-0.39, 0.29) is 24.1 Å². The van der Waals surface area contributed by atoms with E-state index in [1.165, 1.54) is 11.1 Å². The predicted molar refractivity (Wildman–Crippen MR) is 113 cm³/mol. The number of carbonyl (C=O) groups excluding carboxylic acids is 1. The normalized spacial score (nSPS) is 16.3. The quantitative estimate of drug-likeness (QED) is 0.599. The zero-order chi connectivity index (χ0) is 20.1. The molecule has 0 bridgehead atoms. The topological polar surface area (TPSA) is 46.5 Å². The highest BCUT2D eigenvalue weighted by Crippen LogP contribution is 2.40. The highest BCUT2D eigenvalue weighted by molar-refractivity contribution is 6.02. The maximum absolute atomic E-state index is 12.7. The van der Waals surface area contributed by atoms with Crippen molar-refractivity contribution < 1.29 is 14.6 Å². The first-order valence-corrected chi connectivity index (χ1v) is 9.84. The fourth-order valence-electron chi connectivity index (χ4n) is 3.44. The van der Waals surface area contributed by atoms with E-state index in [2.05, 4.69) is 32.9 Å². The smallest absolute Gasteiger partial charge is 0.174 e. The number of ketones is 1. The van der Waals surface area contributed by atoms with Gasteiger partial charge in [-0.25, -0.2) is 0 Å². The molecule has 1 aliphatic heterocycles. The molecule has 1 atom stereocenters. The van der Waals surface area contributed by atoms with Crippen LogP contribution in [0.3, 0.4) is 0 Å². The first kappa shape index (κ1) is 19.9. The van der Waals surface area contributed by atoms with Gasteiger partial charge in [-0.15, -0.1) is 0 Å². The molecule has 1 unspecified atom stereocenters. The molecule has 0 aliphatic carbocycles. The van der Waals surface area contributed by atoms with E-state index >= 15 is 0 Å². The summed E-state index contributed by atoms with van der Waals surface area (Å²) in [5.74, 6) is 0.455. The van der Waals surface area contributed by atoms with Crippen LogP contribution < -0.4 is 4.74 Å². The third kappa shape index (κ3) is 4.72. The molecule has 0 spiro atoms. The van der Waals surface area contributed by atoms with Gasteiger partial charge in [-0.05, 0) is 57.2 Å². The average molecular weight is 376 g/mol. The van der Waals surface area contributed by atoms with Gasteiger partial charge < -0.3 is 9.84 Å². The summed E-state index contributed by atoms with van der Waals surface area (Å²) in [6.07, 6.45) is 6.92. The SMILES string of the molecule is CC(C)=CCC/C(C)=C/Cc1ccc2c(c1O)C(=O)CC(c1ccccc1)O2. The number of Topliss-reactive ketones (excluding diaryl/α,β-unsaturated/α-hetero) is 1. The second kappa shape index (κ2) is 8.92. The first-order chi connectivity index (χ1) is 13.5. The molecule has 3 rings (SSSR count). The Morgan fingerprint density at radius 3 is 2.57 bits per heavy atom. The van der Waals surface area contributed by atoms with Gasteiger partial charge in [0.05, 0.1) is 6.42 Å². The Bertz CT molecular complexity index is 903. The van der Waals surface area contributed by atoms with Crippen LogP contribution in [0, 0.1) is 0 Å². The Balaban J connectivity index is 1.75. The number of ether oxygens (including phenoxy) is 1. The van der Waals surface area contributed by atoms with Gasteiger partial charge in [-0.1, -0.05) is 59.7 Å². The number of rotatable bonds is 6. The van der Waals surface area contributed by atoms with Crippen LogP contribution >= 0.6 is 0 Å². The Labute approximate surface area is 167 Å². The van der Waals surface area contributed by atoms with Gasteiger partial charge in [-0.2, -0.15) is 0 Å². The second-order valence-electron chi connectivity index (χ2n) is 7.67. The van der Waals surface area contributed by atoms with Crippen LogP contribution in [0.4, 0.5) is 0 Å². The number of allylic oxidation sites excluding steroid dienone is 4. The van der Waals surface area contributed by atoms with Crippen LogP contribution in [0.1, 0.15) is 67.6 Å². The van der Waals surface area contributed by atoms with Crippen molar-refractivity contribution in [1.82, 2.24) is 0 Å². The molecule has 0 aromatic heterocycles. The van der Waals surface area contributed by atoms with Crippen LogP contribution in [-0.2, 0) is 6.42 Å². The molecule has 0 saturated carbocycles. The van der Waals surface area contributed by atoms with E-state index < -0.39 is 0 Å². The summed E-state index contributed by atoms with van der Waals surface area (Å²) in [5, 5.41) is 10.7. The maximum Gasteiger partial charge on any atom is 0.174 e. The largest absolute Gasteiger partial charge is 0.507 e. The van der Waals surface area contributed by atoms with Crippen molar-refractivity contribution in [2.45, 2.75) is 52.6 Å². The van der Waals surface area contributed by atoms with Gasteiger partial charge in [0.2, 0.25) is 0 Å². The summed E-state index contributed by atoms with van der Waals surface area (Å²) in [7, 11) is 0. The monoisotopic (exact) mass is 376 g/mol. The van der Waals surface area contributed by atoms with E-state index in [0.717, 1.165) is 24.0 Å². The zero-order valence-electron chi connectivity index (χ0n) is 16.9. The van der Waals surface area contributed by atoms with Gasteiger partial charge in [0.1, 0.15) is 23.2 Å². The zero-order valence-corrected chi connectivity index (χ0v) is 16.9. The fourth-order valence-corrected chi connectivity index (χ4v) is 3.44. The maximum atomic E-state index is 12.7. The first-order valence-electron chi connectivity index (χ1n) is 9.84. The molecule has 2 aromatic carbocycles. The van der Waals surface area contributed by atoms with Gasteiger partial charge in [-0.3, -0.25) is 4.79 Å². The second-order valence-corrected chi connectivity index (χ2v) is 7.67. The standard InChI is InChI=1S/C25H28O3/c1-17(2)8-7-9-18(3)12-13-20-14-15-22-24(25(20)27)21(26)16-23(28-22)19-10-5-4-6-11-19/h4-6,8,10-12,14-15,23,27H,7,9,13,16H2,1-3H3/b18-12+. The number of carbonyl (C=O) groups is 1. The lowest BCUT2D eigenvalue weighted by molar-refractivity contribution is 0.0845. The van der Waals surface area contributed by atoms with Crippen molar-refractivity contribution in [2.75, 3.05) is 0 Å². The molecular weight excluding hydrogens is 348 g/mol. The molecule has 2 aromatic rings. The summed E-state index contributed by atoms with van der Waals surface area (Å²) in [6.45, 7) is 6.31. The Morgan fingerprint density at radius 2 is 1.86 bits per heavy atom. The number of hydrogen-bond acceptors (Lipinski definition) is 3. The van der Waals surface area contributed by atoms with E-state index in [1.54, 1.807) is 0 Å². The van der Waals surface area contributed by atoms with Crippen LogP contribution in [0.2, 0.25) is 0 Å². The Hall–Kier alpha value is -2.81. The minimum Gasteiger partial charge on any atom is -0.507 e. The summed E-state index contributed by atoms with van der Waals surface area (Å²) in [6, 6.07) is 13.4. The molecule has 146 valence electrons. The third-order valence-corrected chi connectivity index (χ3v) is 5.08. The summed E-state index contributed by atoms with van der Waals surface area (Å²) in [4.78, 5) is 12.7. The highest BCUT2D eigenvalue weighted by Gasteiger charge is 2.30. The number of phenols is 1. The van der Waals surface area contributed by atoms with Crippen molar-refractivity contribution in [3.63, 3.8) is 0 Å². The molecule has 0 fully saturated rings. The number of phenolic OH excluding ortho intramolecular Hbond substituents is 1. The number of benzene rings is 2. The van der Waals surface area contributed by atoms with E-state index in [9.17, 15) is 9.90 Å². The molecule has 3 heteroatoms. The van der Waals surface area contributed by atoms with Gasteiger partial charge in [0.15, 0.2) is 5.78 Å². The molecule has 1 aliphatic rings.